The summed E-state index contributed by atoms with van der Waals surface area (Å²) in [5, 5.41) is 1.01. The van der Waals surface area contributed by atoms with Crippen molar-refractivity contribution < 1.29 is 4.39 Å². The fourth-order valence-corrected chi connectivity index (χ4v) is 2.74. The Hall–Kier alpha value is -0.710. The second-order valence-corrected chi connectivity index (χ2v) is 5.38. The number of hydrogen-bond acceptors (Lipinski definition) is 2. The molecular formula is C12H11Cl2FN2S. The standard InChI is InChI=1S/C12H11Cl2FN2S/c1-17-9(5-13)6-16-12(17)18-7-8-2-3-10(14)11(15)4-8/h2-4,6H,5,7H2,1H3. The first-order chi connectivity index (χ1) is 8.61. The van der Waals surface area contributed by atoms with Crippen LogP contribution in [-0.4, -0.2) is 9.55 Å². The van der Waals surface area contributed by atoms with Gasteiger partial charge in [0.05, 0.1) is 22.8 Å². The fraction of sp³-hybridized carbons (Fsp3) is 0.250. The molecule has 1 aromatic carbocycles. The fourth-order valence-electron chi connectivity index (χ4n) is 1.46. The van der Waals surface area contributed by atoms with E-state index in [1.165, 1.54) is 17.8 Å². The van der Waals surface area contributed by atoms with Gasteiger partial charge in [0.1, 0.15) is 5.82 Å². The number of halogens is 3. The molecule has 2 rings (SSSR count). The van der Waals surface area contributed by atoms with E-state index in [0.29, 0.717) is 11.6 Å². The molecule has 96 valence electrons. The van der Waals surface area contributed by atoms with Gasteiger partial charge in [0.25, 0.3) is 0 Å². The summed E-state index contributed by atoms with van der Waals surface area (Å²) < 4.78 is 15.2. The first kappa shape index (κ1) is 13.7. The SMILES string of the molecule is Cn1c(CCl)cnc1SCc1ccc(Cl)c(F)c1. The van der Waals surface area contributed by atoms with Crippen LogP contribution < -0.4 is 0 Å². The van der Waals surface area contributed by atoms with Crippen LogP contribution in [0.2, 0.25) is 5.02 Å². The maximum atomic E-state index is 13.3. The van der Waals surface area contributed by atoms with E-state index in [9.17, 15) is 4.39 Å². The third-order valence-electron chi connectivity index (χ3n) is 2.53. The lowest BCUT2D eigenvalue weighted by atomic mass is 10.2. The molecule has 1 aromatic heterocycles. The van der Waals surface area contributed by atoms with Crippen LogP contribution in [0.25, 0.3) is 0 Å². The highest BCUT2D eigenvalue weighted by Gasteiger charge is 2.07. The topological polar surface area (TPSA) is 17.8 Å². The molecule has 0 aliphatic carbocycles. The smallest absolute Gasteiger partial charge is 0.168 e. The van der Waals surface area contributed by atoms with Crippen molar-refractivity contribution in [1.82, 2.24) is 9.55 Å². The largest absolute Gasteiger partial charge is 0.325 e. The number of nitrogens with zero attached hydrogens (tertiary/aromatic N) is 2. The minimum atomic E-state index is -0.393. The van der Waals surface area contributed by atoms with E-state index in [1.807, 2.05) is 17.7 Å². The minimum Gasteiger partial charge on any atom is -0.325 e. The molecule has 2 aromatic rings. The van der Waals surface area contributed by atoms with Crippen LogP contribution in [0.1, 0.15) is 11.3 Å². The number of benzene rings is 1. The van der Waals surface area contributed by atoms with Crippen molar-refractivity contribution in [3.8, 4) is 0 Å². The Balaban J connectivity index is 2.06. The second-order valence-electron chi connectivity index (χ2n) is 3.76. The maximum absolute atomic E-state index is 13.3. The van der Waals surface area contributed by atoms with Crippen molar-refractivity contribution in [2.75, 3.05) is 0 Å². The number of alkyl halides is 1. The van der Waals surface area contributed by atoms with Gasteiger partial charge in [0.15, 0.2) is 5.16 Å². The third-order valence-corrected chi connectivity index (χ3v) is 4.23. The van der Waals surface area contributed by atoms with Gasteiger partial charge in [0, 0.05) is 12.8 Å². The van der Waals surface area contributed by atoms with E-state index >= 15 is 0 Å². The monoisotopic (exact) mass is 304 g/mol. The van der Waals surface area contributed by atoms with Gasteiger partial charge in [-0.1, -0.05) is 29.4 Å². The average molecular weight is 305 g/mol. The third kappa shape index (κ3) is 2.99. The first-order valence-corrected chi connectivity index (χ1v) is 7.15. The lowest BCUT2D eigenvalue weighted by Crippen LogP contribution is -1.95. The number of rotatable bonds is 4. The summed E-state index contributed by atoms with van der Waals surface area (Å²) >= 11 is 12.9. The van der Waals surface area contributed by atoms with Crippen molar-refractivity contribution in [2.24, 2.45) is 7.05 Å². The molecule has 0 saturated carbocycles. The molecule has 0 N–H and O–H groups in total. The van der Waals surface area contributed by atoms with Crippen molar-refractivity contribution >= 4 is 35.0 Å². The molecule has 0 bridgehead atoms. The molecule has 0 aliphatic rings. The maximum Gasteiger partial charge on any atom is 0.168 e. The summed E-state index contributed by atoms with van der Waals surface area (Å²) in [4.78, 5) is 4.26. The van der Waals surface area contributed by atoms with Crippen molar-refractivity contribution in [1.29, 1.82) is 0 Å². The van der Waals surface area contributed by atoms with Gasteiger partial charge in [-0.3, -0.25) is 0 Å². The molecule has 0 spiro atoms. The van der Waals surface area contributed by atoms with Crippen molar-refractivity contribution in [2.45, 2.75) is 16.8 Å². The van der Waals surface area contributed by atoms with Crippen LogP contribution in [0.15, 0.2) is 29.6 Å². The summed E-state index contributed by atoms with van der Waals surface area (Å²) in [5.74, 6) is 0.677. The molecule has 0 amide bonds. The van der Waals surface area contributed by atoms with Crippen LogP contribution in [0, 0.1) is 5.82 Å². The highest BCUT2D eigenvalue weighted by atomic mass is 35.5. The molecule has 2 nitrogen and oxygen atoms in total. The molecule has 18 heavy (non-hydrogen) atoms. The van der Waals surface area contributed by atoms with Gasteiger partial charge < -0.3 is 4.57 Å². The van der Waals surface area contributed by atoms with Crippen molar-refractivity contribution in [3.63, 3.8) is 0 Å². The molecule has 0 fully saturated rings. The lowest BCUT2D eigenvalue weighted by Gasteiger charge is -2.04. The van der Waals surface area contributed by atoms with Gasteiger partial charge >= 0.3 is 0 Å². The summed E-state index contributed by atoms with van der Waals surface area (Å²) in [7, 11) is 1.91. The van der Waals surface area contributed by atoms with Crippen molar-refractivity contribution in [3.05, 3.63) is 46.5 Å². The summed E-state index contributed by atoms with van der Waals surface area (Å²) in [6, 6.07) is 4.82. The Morgan fingerprint density at radius 2 is 2.22 bits per heavy atom. The quantitative estimate of drug-likeness (QED) is 0.621. The lowest BCUT2D eigenvalue weighted by molar-refractivity contribution is 0.627. The molecule has 0 saturated heterocycles. The second kappa shape index (κ2) is 5.95. The number of thioether (sulfide) groups is 1. The average Bonchev–Trinajstić information content (AvgIpc) is 2.72. The number of hydrogen-bond donors (Lipinski definition) is 0. The van der Waals surface area contributed by atoms with Crippen LogP contribution >= 0.6 is 35.0 Å². The highest BCUT2D eigenvalue weighted by Crippen LogP contribution is 2.24. The van der Waals surface area contributed by atoms with E-state index in [-0.39, 0.29) is 5.02 Å². The van der Waals surface area contributed by atoms with Gasteiger partial charge in [-0.15, -0.1) is 11.6 Å². The molecule has 6 heteroatoms. The Labute approximate surface area is 119 Å². The van der Waals surface area contributed by atoms with E-state index in [1.54, 1.807) is 12.3 Å². The summed E-state index contributed by atoms with van der Waals surface area (Å²) in [6.07, 6.45) is 1.75. The van der Waals surface area contributed by atoms with Crippen LogP contribution in [0.3, 0.4) is 0 Å². The zero-order valence-electron chi connectivity index (χ0n) is 9.66. The molecule has 0 unspecified atom stereocenters. The zero-order valence-corrected chi connectivity index (χ0v) is 12.0. The Morgan fingerprint density at radius 1 is 1.44 bits per heavy atom. The zero-order chi connectivity index (χ0) is 13.1. The molecule has 0 aliphatic heterocycles. The van der Waals surface area contributed by atoms with Gasteiger partial charge in [-0.25, -0.2) is 9.37 Å². The molecular weight excluding hydrogens is 294 g/mol. The number of imidazole rings is 1. The Kier molecular flexibility index (Phi) is 4.54. The first-order valence-electron chi connectivity index (χ1n) is 5.25. The van der Waals surface area contributed by atoms with Crippen LogP contribution in [0.5, 0.6) is 0 Å². The molecule has 0 atom stereocenters. The van der Waals surface area contributed by atoms with Crippen LogP contribution in [-0.2, 0) is 18.7 Å². The van der Waals surface area contributed by atoms with E-state index < -0.39 is 5.82 Å². The Bertz CT molecular complexity index is 557. The molecule has 1 heterocycles. The predicted molar refractivity (Wildman–Crippen MR) is 73.7 cm³/mol. The number of aromatic nitrogens is 2. The van der Waals surface area contributed by atoms with Gasteiger partial charge in [-0.2, -0.15) is 0 Å². The predicted octanol–water partition coefficient (Wildman–Crippen LogP) is 4.24. The van der Waals surface area contributed by atoms with Gasteiger partial charge in [0.2, 0.25) is 0 Å². The van der Waals surface area contributed by atoms with E-state index in [4.69, 9.17) is 23.2 Å². The van der Waals surface area contributed by atoms with E-state index in [2.05, 4.69) is 4.98 Å². The minimum absolute atomic E-state index is 0.144. The van der Waals surface area contributed by atoms with Gasteiger partial charge in [-0.05, 0) is 17.7 Å². The van der Waals surface area contributed by atoms with Crippen LogP contribution in [0.4, 0.5) is 4.39 Å². The summed E-state index contributed by atoms with van der Waals surface area (Å²) in [6.45, 7) is 0. The molecule has 0 radical (unpaired) electrons. The highest BCUT2D eigenvalue weighted by molar-refractivity contribution is 7.98. The summed E-state index contributed by atoms with van der Waals surface area (Å²) in [5.41, 5.74) is 1.83. The normalized spacial score (nSPS) is 10.9. The van der Waals surface area contributed by atoms with E-state index in [0.717, 1.165) is 16.4 Å². The Morgan fingerprint density at radius 3 is 2.83 bits per heavy atom.